The summed E-state index contributed by atoms with van der Waals surface area (Å²) in [6.45, 7) is 5.41. The van der Waals surface area contributed by atoms with Gasteiger partial charge in [0.2, 0.25) is 0 Å². The lowest BCUT2D eigenvalue weighted by molar-refractivity contribution is 0.0183. The molecule has 1 aromatic carbocycles. The average Bonchev–Trinajstić information content (AvgIpc) is 3.55. The Balaban J connectivity index is 1.37. The van der Waals surface area contributed by atoms with Gasteiger partial charge in [-0.2, -0.15) is 0 Å². The number of nitrogens with zero attached hydrogens (tertiary/aromatic N) is 5. The Labute approximate surface area is 197 Å². The van der Waals surface area contributed by atoms with Gasteiger partial charge in [0.25, 0.3) is 5.91 Å². The third kappa shape index (κ3) is 4.52. The van der Waals surface area contributed by atoms with Crippen molar-refractivity contribution in [3.63, 3.8) is 0 Å². The molecule has 2 fully saturated rings. The van der Waals surface area contributed by atoms with E-state index in [4.69, 9.17) is 9.47 Å². The highest BCUT2D eigenvalue weighted by molar-refractivity contribution is 5.95. The summed E-state index contributed by atoms with van der Waals surface area (Å²) < 4.78 is 12.1. The van der Waals surface area contributed by atoms with E-state index in [9.17, 15) is 9.59 Å². The van der Waals surface area contributed by atoms with Crippen LogP contribution in [0.1, 0.15) is 48.5 Å². The summed E-state index contributed by atoms with van der Waals surface area (Å²) in [5, 5.41) is 3.04. The van der Waals surface area contributed by atoms with E-state index in [2.05, 4.69) is 25.2 Å². The molecule has 0 atom stereocenters. The van der Waals surface area contributed by atoms with Crippen LogP contribution in [-0.2, 0) is 9.47 Å². The maximum atomic E-state index is 12.6. The second-order valence-corrected chi connectivity index (χ2v) is 8.72. The standard InChI is InChI=1S/C24H28N6O4/c1-3-33-24(32)34-18-8-10-29(11-9-18)21-20-22(26-13-25-21)30(14-27-20)19-12-16(5-4-15(19)2)23(31)28-17-6-7-17/h4-5,12-14,17-18H,3,6-11H2,1-2H3,(H,28,31). The van der Waals surface area contributed by atoms with Crippen molar-refractivity contribution in [2.45, 2.75) is 51.7 Å². The topological polar surface area (TPSA) is 111 Å². The number of anilines is 1. The van der Waals surface area contributed by atoms with Crippen LogP contribution in [-0.4, -0.2) is 63.4 Å². The van der Waals surface area contributed by atoms with Gasteiger partial charge in [-0.05, 0) is 44.4 Å². The molecule has 1 aliphatic carbocycles. The number of hydrogen-bond acceptors (Lipinski definition) is 8. The van der Waals surface area contributed by atoms with E-state index in [1.165, 1.54) is 6.33 Å². The van der Waals surface area contributed by atoms with Gasteiger partial charge >= 0.3 is 6.16 Å². The van der Waals surface area contributed by atoms with Crippen molar-refractivity contribution >= 4 is 29.0 Å². The number of aromatic nitrogens is 4. The Morgan fingerprint density at radius 2 is 1.91 bits per heavy atom. The zero-order valence-corrected chi connectivity index (χ0v) is 19.4. The number of piperidine rings is 1. The number of rotatable bonds is 6. The monoisotopic (exact) mass is 464 g/mol. The van der Waals surface area contributed by atoms with Crippen LogP contribution in [0.5, 0.6) is 0 Å². The smallest absolute Gasteiger partial charge is 0.435 e. The van der Waals surface area contributed by atoms with Crippen molar-refractivity contribution in [1.82, 2.24) is 24.8 Å². The van der Waals surface area contributed by atoms with Gasteiger partial charge < -0.3 is 19.7 Å². The van der Waals surface area contributed by atoms with Crippen LogP contribution in [0, 0.1) is 6.92 Å². The number of carbonyl (C=O) groups is 2. The molecule has 3 heterocycles. The highest BCUT2D eigenvalue weighted by atomic mass is 16.7. The van der Waals surface area contributed by atoms with Crippen LogP contribution in [0.15, 0.2) is 30.9 Å². The number of carbonyl (C=O) groups excluding carboxylic acids is 2. The molecule has 5 rings (SSSR count). The molecule has 3 aromatic rings. The predicted molar refractivity (Wildman–Crippen MR) is 125 cm³/mol. The SMILES string of the molecule is CCOC(=O)OC1CCN(c2ncnc3c2ncn3-c2cc(C(=O)NC3CC3)ccc2C)CC1. The summed E-state index contributed by atoms with van der Waals surface area (Å²) in [7, 11) is 0. The molecule has 10 heteroatoms. The molecule has 1 saturated carbocycles. The minimum absolute atomic E-state index is 0.0589. The zero-order valence-electron chi connectivity index (χ0n) is 19.4. The minimum atomic E-state index is -0.618. The molecule has 0 bridgehead atoms. The fourth-order valence-corrected chi connectivity index (χ4v) is 4.21. The molecule has 2 aliphatic rings. The van der Waals surface area contributed by atoms with Crippen molar-refractivity contribution in [3.8, 4) is 5.69 Å². The average molecular weight is 465 g/mol. The number of aryl methyl sites for hydroxylation is 1. The van der Waals surface area contributed by atoms with Crippen molar-refractivity contribution in [2.24, 2.45) is 0 Å². The summed E-state index contributed by atoms with van der Waals surface area (Å²) in [4.78, 5) is 39.9. The van der Waals surface area contributed by atoms with E-state index in [-0.39, 0.29) is 12.0 Å². The van der Waals surface area contributed by atoms with Crippen LogP contribution in [0.4, 0.5) is 10.6 Å². The molecular weight excluding hydrogens is 436 g/mol. The Bertz CT molecular complexity index is 1210. The summed E-state index contributed by atoms with van der Waals surface area (Å²) in [6, 6.07) is 5.97. The first kappa shape index (κ1) is 22.1. The molecule has 2 aromatic heterocycles. The van der Waals surface area contributed by atoms with Gasteiger partial charge in [0.1, 0.15) is 18.8 Å². The van der Waals surface area contributed by atoms with Crippen LogP contribution in [0.2, 0.25) is 0 Å². The molecule has 0 unspecified atom stereocenters. The lowest BCUT2D eigenvalue weighted by Gasteiger charge is -2.32. The number of amides is 1. The Morgan fingerprint density at radius 1 is 1.12 bits per heavy atom. The minimum Gasteiger partial charge on any atom is -0.435 e. The highest BCUT2D eigenvalue weighted by Crippen LogP contribution is 2.28. The first-order valence-electron chi connectivity index (χ1n) is 11.7. The number of hydrogen-bond donors (Lipinski definition) is 1. The van der Waals surface area contributed by atoms with E-state index in [1.54, 1.807) is 13.3 Å². The summed E-state index contributed by atoms with van der Waals surface area (Å²) in [5.74, 6) is 0.690. The quantitative estimate of drug-likeness (QED) is 0.554. The van der Waals surface area contributed by atoms with Gasteiger partial charge in [-0.15, -0.1) is 0 Å². The number of nitrogens with one attached hydrogen (secondary N) is 1. The van der Waals surface area contributed by atoms with E-state index < -0.39 is 6.16 Å². The van der Waals surface area contributed by atoms with Crippen molar-refractivity contribution < 1.29 is 19.1 Å². The van der Waals surface area contributed by atoms with Gasteiger partial charge in [-0.1, -0.05) is 6.07 Å². The second-order valence-electron chi connectivity index (χ2n) is 8.72. The third-order valence-electron chi connectivity index (χ3n) is 6.22. The first-order chi connectivity index (χ1) is 16.5. The van der Waals surface area contributed by atoms with Gasteiger partial charge in [0, 0.05) is 37.5 Å². The second kappa shape index (κ2) is 9.28. The largest absolute Gasteiger partial charge is 0.508 e. The first-order valence-corrected chi connectivity index (χ1v) is 11.7. The molecular formula is C24H28N6O4. The molecule has 1 amide bonds. The number of fused-ring (bicyclic) bond motifs is 1. The Morgan fingerprint density at radius 3 is 2.65 bits per heavy atom. The van der Waals surface area contributed by atoms with Crippen molar-refractivity contribution in [1.29, 1.82) is 0 Å². The lowest BCUT2D eigenvalue weighted by atomic mass is 10.1. The van der Waals surface area contributed by atoms with Gasteiger partial charge in [-0.3, -0.25) is 9.36 Å². The van der Waals surface area contributed by atoms with Gasteiger partial charge in [0.15, 0.2) is 17.0 Å². The van der Waals surface area contributed by atoms with Crippen LogP contribution in [0.3, 0.4) is 0 Å². The molecule has 1 aliphatic heterocycles. The predicted octanol–water partition coefficient (Wildman–Crippen LogP) is 3.16. The molecule has 10 nitrogen and oxygen atoms in total. The summed E-state index contributed by atoms with van der Waals surface area (Å²) >= 11 is 0. The fourth-order valence-electron chi connectivity index (χ4n) is 4.21. The number of benzene rings is 1. The van der Waals surface area contributed by atoms with E-state index in [1.807, 2.05) is 29.7 Å². The van der Waals surface area contributed by atoms with Crippen LogP contribution >= 0.6 is 0 Å². The lowest BCUT2D eigenvalue weighted by Crippen LogP contribution is -2.38. The molecule has 178 valence electrons. The van der Waals surface area contributed by atoms with Crippen LogP contribution in [0.25, 0.3) is 16.9 Å². The van der Waals surface area contributed by atoms with E-state index in [0.29, 0.717) is 55.3 Å². The molecule has 0 spiro atoms. The maximum Gasteiger partial charge on any atom is 0.508 e. The van der Waals surface area contributed by atoms with E-state index in [0.717, 1.165) is 29.9 Å². The normalized spacial score (nSPS) is 16.5. The Kier molecular flexibility index (Phi) is 6.04. The number of ether oxygens (including phenoxy) is 2. The van der Waals surface area contributed by atoms with Gasteiger partial charge in [0.05, 0.1) is 12.3 Å². The summed E-state index contributed by atoms with van der Waals surface area (Å²) in [5.41, 5.74) is 3.86. The Hall–Kier alpha value is -3.69. The molecule has 1 saturated heterocycles. The summed E-state index contributed by atoms with van der Waals surface area (Å²) in [6.07, 6.45) is 5.93. The molecule has 34 heavy (non-hydrogen) atoms. The molecule has 1 N–H and O–H groups in total. The van der Waals surface area contributed by atoms with Crippen molar-refractivity contribution in [2.75, 3.05) is 24.6 Å². The molecule has 0 radical (unpaired) electrons. The number of imidazole rings is 1. The third-order valence-corrected chi connectivity index (χ3v) is 6.22. The van der Waals surface area contributed by atoms with Crippen molar-refractivity contribution in [3.05, 3.63) is 42.0 Å². The van der Waals surface area contributed by atoms with E-state index >= 15 is 0 Å². The highest BCUT2D eigenvalue weighted by Gasteiger charge is 2.27. The maximum absolute atomic E-state index is 12.6. The van der Waals surface area contributed by atoms with Gasteiger partial charge in [-0.25, -0.2) is 19.7 Å². The fraction of sp³-hybridized carbons (Fsp3) is 0.458. The zero-order chi connectivity index (χ0) is 23.7. The van der Waals surface area contributed by atoms with Crippen LogP contribution < -0.4 is 10.2 Å².